The SMILES string of the molecule is COc1c(O)cc(C=NNC(=O)CNc2ccc3ccccc3c2)cc1Br. The molecule has 0 aliphatic carbocycles. The first-order valence-electron chi connectivity index (χ1n) is 8.18. The summed E-state index contributed by atoms with van der Waals surface area (Å²) in [5, 5.41) is 19.1. The quantitative estimate of drug-likeness (QED) is 0.411. The molecule has 138 valence electrons. The van der Waals surface area contributed by atoms with Crippen LogP contribution < -0.4 is 15.5 Å². The fourth-order valence-corrected chi connectivity index (χ4v) is 3.21. The van der Waals surface area contributed by atoms with Gasteiger partial charge in [0.15, 0.2) is 11.5 Å². The first-order chi connectivity index (χ1) is 13.1. The molecule has 0 spiro atoms. The molecule has 0 aromatic heterocycles. The third-order valence-electron chi connectivity index (χ3n) is 3.86. The summed E-state index contributed by atoms with van der Waals surface area (Å²) in [6.07, 6.45) is 1.44. The number of aromatic hydroxyl groups is 1. The zero-order chi connectivity index (χ0) is 19.2. The van der Waals surface area contributed by atoms with Crippen molar-refractivity contribution in [3.8, 4) is 11.5 Å². The van der Waals surface area contributed by atoms with E-state index in [1.807, 2.05) is 42.5 Å². The number of phenols is 1. The first kappa shape index (κ1) is 18.7. The second-order valence-electron chi connectivity index (χ2n) is 5.76. The van der Waals surface area contributed by atoms with E-state index in [9.17, 15) is 9.90 Å². The van der Waals surface area contributed by atoms with E-state index >= 15 is 0 Å². The Hall–Kier alpha value is -3.06. The van der Waals surface area contributed by atoms with Gasteiger partial charge in [0.1, 0.15) is 0 Å². The lowest BCUT2D eigenvalue weighted by Crippen LogP contribution is -2.25. The Morgan fingerprint density at radius 3 is 2.70 bits per heavy atom. The Bertz CT molecular complexity index is 982. The van der Waals surface area contributed by atoms with Crippen molar-refractivity contribution in [1.82, 2.24) is 5.43 Å². The van der Waals surface area contributed by atoms with Crippen molar-refractivity contribution < 1.29 is 14.6 Å². The number of hydrogen-bond donors (Lipinski definition) is 3. The van der Waals surface area contributed by atoms with E-state index in [2.05, 4.69) is 31.8 Å². The minimum atomic E-state index is -0.281. The normalized spacial score (nSPS) is 10.9. The molecule has 3 aromatic rings. The van der Waals surface area contributed by atoms with Gasteiger partial charge in [0, 0.05) is 5.69 Å². The largest absolute Gasteiger partial charge is 0.504 e. The first-order valence-corrected chi connectivity index (χ1v) is 8.97. The minimum absolute atomic E-state index is 0.0161. The Kier molecular flexibility index (Phi) is 5.93. The van der Waals surface area contributed by atoms with Gasteiger partial charge in [0.25, 0.3) is 5.91 Å². The average Bonchev–Trinajstić information content (AvgIpc) is 2.66. The molecular formula is C20H18BrN3O3. The van der Waals surface area contributed by atoms with Gasteiger partial charge in [-0.05, 0) is 56.5 Å². The monoisotopic (exact) mass is 427 g/mol. The Balaban J connectivity index is 1.55. The molecular weight excluding hydrogens is 410 g/mol. The molecule has 3 aromatic carbocycles. The maximum absolute atomic E-state index is 11.9. The van der Waals surface area contributed by atoms with Gasteiger partial charge < -0.3 is 15.2 Å². The summed E-state index contributed by atoms with van der Waals surface area (Å²) in [6, 6.07) is 17.2. The summed E-state index contributed by atoms with van der Waals surface area (Å²) in [7, 11) is 1.47. The summed E-state index contributed by atoms with van der Waals surface area (Å²) in [6.45, 7) is 0.0905. The van der Waals surface area contributed by atoms with Crippen molar-refractivity contribution in [3.63, 3.8) is 0 Å². The van der Waals surface area contributed by atoms with Gasteiger partial charge in [-0.1, -0.05) is 30.3 Å². The smallest absolute Gasteiger partial charge is 0.259 e. The molecule has 0 radical (unpaired) electrons. The van der Waals surface area contributed by atoms with E-state index in [1.165, 1.54) is 19.4 Å². The number of benzene rings is 3. The van der Waals surface area contributed by atoms with E-state index < -0.39 is 0 Å². The molecule has 0 aliphatic heterocycles. The van der Waals surface area contributed by atoms with Crippen molar-refractivity contribution in [3.05, 3.63) is 64.6 Å². The van der Waals surface area contributed by atoms with Gasteiger partial charge in [-0.25, -0.2) is 5.43 Å². The topological polar surface area (TPSA) is 83.0 Å². The van der Waals surface area contributed by atoms with Crippen molar-refractivity contribution in [1.29, 1.82) is 0 Å². The third-order valence-corrected chi connectivity index (χ3v) is 4.44. The fraction of sp³-hybridized carbons (Fsp3) is 0.100. The van der Waals surface area contributed by atoms with Crippen LogP contribution in [0.4, 0.5) is 5.69 Å². The molecule has 0 atom stereocenters. The standard InChI is InChI=1S/C20H18BrN3O3/c1-27-20-17(21)8-13(9-18(20)25)11-23-24-19(26)12-22-16-7-6-14-4-2-3-5-15(14)10-16/h2-11,22,25H,12H2,1H3,(H,24,26). The van der Waals surface area contributed by atoms with E-state index in [1.54, 1.807) is 6.07 Å². The van der Waals surface area contributed by atoms with Crippen LogP contribution in [0.3, 0.4) is 0 Å². The van der Waals surface area contributed by atoms with Crippen molar-refractivity contribution in [2.45, 2.75) is 0 Å². The molecule has 0 bridgehead atoms. The van der Waals surface area contributed by atoms with Crippen molar-refractivity contribution >= 4 is 44.5 Å². The summed E-state index contributed by atoms with van der Waals surface area (Å²) >= 11 is 3.30. The number of halogens is 1. The molecule has 7 heteroatoms. The van der Waals surface area contributed by atoms with Crippen LogP contribution in [-0.4, -0.2) is 30.9 Å². The lowest BCUT2D eigenvalue weighted by Gasteiger charge is -2.07. The van der Waals surface area contributed by atoms with E-state index in [-0.39, 0.29) is 18.2 Å². The third kappa shape index (κ3) is 4.77. The zero-order valence-electron chi connectivity index (χ0n) is 14.6. The van der Waals surface area contributed by atoms with Crippen LogP contribution in [0, 0.1) is 0 Å². The van der Waals surface area contributed by atoms with Crippen molar-refractivity contribution in [2.75, 3.05) is 19.0 Å². The van der Waals surface area contributed by atoms with Gasteiger partial charge >= 0.3 is 0 Å². The Labute approximate surface area is 165 Å². The summed E-state index contributed by atoms with van der Waals surface area (Å²) in [5.41, 5.74) is 3.92. The summed E-state index contributed by atoms with van der Waals surface area (Å²) in [4.78, 5) is 11.9. The van der Waals surface area contributed by atoms with Crippen LogP contribution >= 0.6 is 15.9 Å². The van der Waals surface area contributed by atoms with Crippen LogP contribution in [0.1, 0.15) is 5.56 Å². The number of amides is 1. The highest BCUT2D eigenvalue weighted by Crippen LogP contribution is 2.34. The number of nitrogens with zero attached hydrogens (tertiary/aromatic N) is 1. The van der Waals surface area contributed by atoms with Crippen LogP contribution in [0.5, 0.6) is 11.5 Å². The second-order valence-corrected chi connectivity index (χ2v) is 6.62. The van der Waals surface area contributed by atoms with Crippen molar-refractivity contribution in [2.24, 2.45) is 5.10 Å². The highest BCUT2D eigenvalue weighted by Gasteiger charge is 2.08. The Morgan fingerprint density at radius 2 is 1.96 bits per heavy atom. The number of hydrazone groups is 1. The van der Waals surface area contributed by atoms with E-state index in [0.717, 1.165) is 16.5 Å². The number of carbonyl (C=O) groups excluding carboxylic acids is 1. The number of fused-ring (bicyclic) bond motifs is 1. The number of phenolic OH excluding ortho intramolecular Hbond substituents is 1. The van der Waals surface area contributed by atoms with Gasteiger partial charge in [-0.2, -0.15) is 5.10 Å². The molecule has 0 fully saturated rings. The average molecular weight is 428 g/mol. The minimum Gasteiger partial charge on any atom is -0.504 e. The predicted molar refractivity (Wildman–Crippen MR) is 111 cm³/mol. The summed E-state index contributed by atoms with van der Waals surface area (Å²) in [5.74, 6) is 0.0459. The molecule has 3 rings (SSSR count). The molecule has 0 aliphatic rings. The second kappa shape index (κ2) is 8.55. The molecule has 0 heterocycles. The van der Waals surface area contributed by atoms with Gasteiger partial charge in [-0.15, -0.1) is 0 Å². The van der Waals surface area contributed by atoms with Crippen LogP contribution in [0.15, 0.2) is 64.2 Å². The number of anilines is 1. The predicted octanol–water partition coefficient (Wildman–Crippen LogP) is 3.88. The van der Waals surface area contributed by atoms with Gasteiger partial charge in [0.05, 0.1) is 24.3 Å². The Morgan fingerprint density at radius 1 is 1.19 bits per heavy atom. The van der Waals surface area contributed by atoms with Gasteiger partial charge in [0.2, 0.25) is 0 Å². The molecule has 1 amide bonds. The molecule has 6 nitrogen and oxygen atoms in total. The zero-order valence-corrected chi connectivity index (χ0v) is 16.2. The molecule has 27 heavy (non-hydrogen) atoms. The number of nitrogens with one attached hydrogen (secondary N) is 2. The van der Waals surface area contributed by atoms with E-state index in [4.69, 9.17) is 4.74 Å². The maximum atomic E-state index is 11.9. The summed E-state index contributed by atoms with van der Waals surface area (Å²) < 4.78 is 5.65. The van der Waals surface area contributed by atoms with E-state index in [0.29, 0.717) is 15.8 Å². The number of rotatable bonds is 6. The number of carbonyl (C=O) groups is 1. The number of hydrogen-bond acceptors (Lipinski definition) is 5. The lowest BCUT2D eigenvalue weighted by molar-refractivity contribution is -0.119. The molecule has 3 N–H and O–H groups in total. The highest BCUT2D eigenvalue weighted by atomic mass is 79.9. The van der Waals surface area contributed by atoms with Crippen LogP contribution in [-0.2, 0) is 4.79 Å². The van der Waals surface area contributed by atoms with Crippen LogP contribution in [0.25, 0.3) is 10.8 Å². The lowest BCUT2D eigenvalue weighted by atomic mass is 10.1. The molecule has 0 saturated heterocycles. The maximum Gasteiger partial charge on any atom is 0.259 e. The molecule has 0 unspecified atom stereocenters. The molecule has 0 saturated carbocycles. The number of methoxy groups -OCH3 is 1. The number of ether oxygens (including phenoxy) is 1. The highest BCUT2D eigenvalue weighted by molar-refractivity contribution is 9.10. The van der Waals surface area contributed by atoms with Gasteiger partial charge in [-0.3, -0.25) is 4.79 Å². The van der Waals surface area contributed by atoms with Crippen LogP contribution in [0.2, 0.25) is 0 Å². The fourth-order valence-electron chi connectivity index (χ4n) is 2.58.